The van der Waals surface area contributed by atoms with Gasteiger partial charge in [0.25, 0.3) is 0 Å². The Balaban J connectivity index is 3.58. The van der Waals surface area contributed by atoms with Gasteiger partial charge in [-0.15, -0.1) is 0 Å². The molecule has 0 amide bonds. The Morgan fingerprint density at radius 1 is 1.38 bits per heavy atom. The lowest BCUT2D eigenvalue weighted by atomic mass is 11.4. The molecule has 6 heteroatoms. The summed E-state index contributed by atoms with van der Waals surface area (Å²) in [5, 5.41) is 0. The van der Waals surface area contributed by atoms with Crippen LogP contribution in [0.25, 0.3) is 0 Å². The number of hydrogen-bond donors (Lipinski definition) is 2. The van der Waals surface area contributed by atoms with Crippen LogP contribution >= 0.6 is 45.7 Å². The lowest BCUT2D eigenvalue weighted by Crippen LogP contribution is -2.55. The number of nitrogens with zero attached hydrogens (tertiary/aromatic N) is 1. The zero-order chi connectivity index (χ0) is 6.62. The molecule has 0 rings (SSSR count). The minimum absolute atomic E-state index is 0.182. The summed E-state index contributed by atoms with van der Waals surface area (Å²) in [6.07, 6.45) is 0. The summed E-state index contributed by atoms with van der Waals surface area (Å²) in [6, 6.07) is 0. The first-order chi connectivity index (χ1) is 3.68. The maximum atomic E-state index is 4.94. The summed E-state index contributed by atoms with van der Waals surface area (Å²) >= 11 is 3.99. The molecule has 0 heterocycles. The fraction of sp³-hybridized carbons (Fsp3) is 1.00. The summed E-state index contributed by atoms with van der Waals surface area (Å²) in [7, 11) is 3.44. The van der Waals surface area contributed by atoms with Crippen molar-refractivity contribution >= 4 is 45.7 Å². The van der Waals surface area contributed by atoms with Gasteiger partial charge >= 0.3 is 0 Å². The van der Waals surface area contributed by atoms with E-state index in [1.54, 1.807) is 7.11 Å². The third-order valence-corrected chi connectivity index (χ3v) is 2.53. The van der Waals surface area contributed by atoms with E-state index in [4.69, 9.17) is 4.84 Å². The highest BCUT2D eigenvalue weighted by atomic mass is 127. The molecular formula is C2H8I2N3O+. The quantitative estimate of drug-likeness (QED) is 0.342. The van der Waals surface area contributed by atoms with E-state index in [1.165, 1.54) is 0 Å². The Kier molecular flexibility index (Phi) is 4.85. The van der Waals surface area contributed by atoms with E-state index < -0.39 is 0 Å². The molecule has 2 N–H and O–H groups in total. The Morgan fingerprint density at radius 3 is 1.75 bits per heavy atom. The summed E-state index contributed by atoms with van der Waals surface area (Å²) in [6.45, 7) is 0. The smallest absolute Gasteiger partial charge is 0.140 e. The van der Waals surface area contributed by atoms with Crippen LogP contribution in [0.2, 0.25) is 0 Å². The SMILES string of the molecule is CO[N+](C)(NI)NI. The summed E-state index contributed by atoms with van der Waals surface area (Å²) < 4.78 is 5.69. The number of hydrogen-bond acceptors (Lipinski definition) is 3. The third kappa shape index (κ3) is 2.73. The average molecular weight is 344 g/mol. The molecule has 0 spiro atoms. The monoisotopic (exact) mass is 344 g/mol. The molecule has 0 unspecified atom stereocenters. The number of halogens is 2. The highest BCUT2D eigenvalue weighted by molar-refractivity contribution is 14.1. The first-order valence-corrected chi connectivity index (χ1v) is 4.02. The molecule has 0 aliphatic rings. The van der Waals surface area contributed by atoms with E-state index in [0.717, 1.165) is 0 Å². The van der Waals surface area contributed by atoms with Crippen LogP contribution in [0.15, 0.2) is 0 Å². The second kappa shape index (κ2) is 4.17. The average Bonchev–Trinajstić information content (AvgIpc) is 1.87. The number of nitrogens with one attached hydrogen (secondary N) is 2. The first kappa shape index (κ1) is 9.30. The molecule has 0 saturated heterocycles. The minimum atomic E-state index is 0.182. The normalized spacial score (nSPS) is 12.0. The van der Waals surface area contributed by atoms with Gasteiger partial charge in [0.1, 0.15) is 14.2 Å². The fourth-order valence-electron chi connectivity index (χ4n) is 0.0850. The molecular weight excluding hydrogens is 336 g/mol. The third-order valence-electron chi connectivity index (χ3n) is 0.688. The molecule has 50 valence electrons. The van der Waals surface area contributed by atoms with Gasteiger partial charge in [-0.25, -0.2) is 0 Å². The number of quaternary nitrogens is 1. The Labute approximate surface area is 76.4 Å². The first-order valence-electron chi connectivity index (χ1n) is 1.86. The lowest BCUT2D eigenvalue weighted by molar-refractivity contribution is -1.13. The molecule has 4 nitrogen and oxygen atoms in total. The Morgan fingerprint density at radius 2 is 1.75 bits per heavy atom. The van der Waals surface area contributed by atoms with Crippen molar-refractivity contribution in [3.05, 3.63) is 0 Å². The zero-order valence-electron chi connectivity index (χ0n) is 4.61. The van der Waals surface area contributed by atoms with Crippen LogP contribution in [0.4, 0.5) is 0 Å². The maximum absolute atomic E-state index is 4.94. The summed E-state index contributed by atoms with van der Waals surface area (Å²) in [4.78, 5) is 5.12. The van der Waals surface area contributed by atoms with Gasteiger partial charge in [0, 0.05) is 0 Å². The molecule has 0 aromatic carbocycles. The topological polar surface area (TPSA) is 33.3 Å². The van der Waals surface area contributed by atoms with Crippen molar-refractivity contribution in [2.45, 2.75) is 0 Å². The highest BCUT2D eigenvalue weighted by Crippen LogP contribution is 1.95. The van der Waals surface area contributed by atoms with Crippen molar-refractivity contribution in [2.24, 2.45) is 0 Å². The predicted octanol–water partition coefficient (Wildman–Crippen LogP) is 0.704. The van der Waals surface area contributed by atoms with E-state index >= 15 is 0 Å². The van der Waals surface area contributed by atoms with Crippen LogP contribution < -0.4 is 7.28 Å². The van der Waals surface area contributed by atoms with Crippen LogP contribution in [0.3, 0.4) is 0 Å². The van der Waals surface area contributed by atoms with Crippen LogP contribution in [0.5, 0.6) is 0 Å². The van der Waals surface area contributed by atoms with Crippen molar-refractivity contribution in [1.29, 1.82) is 0 Å². The van der Waals surface area contributed by atoms with Gasteiger partial charge in [0.05, 0.1) is 45.7 Å². The van der Waals surface area contributed by atoms with Gasteiger partial charge in [-0.2, -0.15) is 4.84 Å². The summed E-state index contributed by atoms with van der Waals surface area (Å²) in [5.74, 6) is 0. The molecule has 0 aromatic heterocycles. The maximum Gasteiger partial charge on any atom is 0.140 e. The van der Waals surface area contributed by atoms with Crippen LogP contribution in [0.1, 0.15) is 0 Å². The molecule has 0 saturated carbocycles. The van der Waals surface area contributed by atoms with Crippen molar-refractivity contribution < 1.29 is 9.70 Å². The lowest BCUT2D eigenvalue weighted by Gasteiger charge is -2.22. The van der Waals surface area contributed by atoms with Gasteiger partial charge in [-0.1, -0.05) is 7.28 Å². The molecule has 0 fully saturated rings. The molecule has 0 bridgehead atoms. The zero-order valence-corrected chi connectivity index (χ0v) is 8.93. The minimum Gasteiger partial charge on any atom is -0.163 e. The Hall–Kier alpha value is 1.30. The van der Waals surface area contributed by atoms with Crippen molar-refractivity contribution in [1.82, 2.24) is 7.28 Å². The second-order valence-electron chi connectivity index (χ2n) is 1.28. The van der Waals surface area contributed by atoms with Crippen LogP contribution in [0, 0.1) is 0 Å². The van der Waals surface area contributed by atoms with Crippen molar-refractivity contribution in [3.8, 4) is 0 Å². The van der Waals surface area contributed by atoms with E-state index in [0.29, 0.717) is 0 Å². The molecule has 8 heavy (non-hydrogen) atoms. The molecule has 0 radical (unpaired) electrons. The van der Waals surface area contributed by atoms with Gasteiger partial charge in [0.2, 0.25) is 0 Å². The molecule has 0 atom stereocenters. The fourth-order valence-corrected chi connectivity index (χ4v) is 1.18. The molecule has 0 aliphatic carbocycles. The van der Waals surface area contributed by atoms with Crippen molar-refractivity contribution in [2.75, 3.05) is 14.2 Å². The van der Waals surface area contributed by atoms with Crippen molar-refractivity contribution in [3.63, 3.8) is 0 Å². The van der Waals surface area contributed by atoms with Gasteiger partial charge in [-0.05, 0) is 4.86 Å². The Bertz CT molecular complexity index is 58.0. The largest absolute Gasteiger partial charge is 0.163 e. The highest BCUT2D eigenvalue weighted by Gasteiger charge is 2.17. The summed E-state index contributed by atoms with van der Waals surface area (Å²) in [5.41, 5.74) is 0. The van der Waals surface area contributed by atoms with Gasteiger partial charge in [0.15, 0.2) is 0 Å². The van der Waals surface area contributed by atoms with Gasteiger partial charge < -0.3 is 0 Å². The number of rotatable bonds is 3. The van der Waals surface area contributed by atoms with E-state index in [9.17, 15) is 0 Å². The number of hydroxylamine groups is 1. The predicted molar refractivity (Wildman–Crippen MR) is 47.5 cm³/mol. The molecule has 0 aromatic rings. The van der Waals surface area contributed by atoms with Crippen LogP contribution in [-0.4, -0.2) is 19.0 Å². The van der Waals surface area contributed by atoms with E-state index in [2.05, 4.69) is 7.28 Å². The standard InChI is InChI=1S/C2H8I2N3O/c1-7(5-3,6-4)8-2/h5-6H,1-2H3/q+1. The van der Waals surface area contributed by atoms with E-state index in [-0.39, 0.29) is 4.86 Å². The van der Waals surface area contributed by atoms with E-state index in [1.807, 2.05) is 52.8 Å². The van der Waals surface area contributed by atoms with Crippen LogP contribution in [-0.2, 0) is 4.84 Å². The molecule has 0 aliphatic heterocycles. The second-order valence-corrected chi connectivity index (χ2v) is 2.24. The van der Waals surface area contributed by atoms with Gasteiger partial charge in [-0.3, -0.25) is 0 Å².